The molecular weight excluding hydrogens is 383 g/mol. The van der Waals surface area contributed by atoms with Crippen LogP contribution in [0.15, 0.2) is 48.8 Å². The van der Waals surface area contributed by atoms with Crippen molar-refractivity contribution in [2.24, 2.45) is 6.26 Å². The minimum Gasteiger partial charge on any atom is -0.406 e. The summed E-state index contributed by atoms with van der Waals surface area (Å²) in [7, 11) is -0.569. The molecule has 0 aliphatic carbocycles. The summed E-state index contributed by atoms with van der Waals surface area (Å²) in [6, 6.07) is 7.88. The van der Waals surface area contributed by atoms with E-state index in [-0.39, 0.29) is 5.69 Å². The standard InChI is InChI=1S/C16H12F3N5O2S/c1-27-13(10-5-7-20-8-6-10)23-24-15(27)22-14(25)21-11-3-2-4-12(9-11)26-16(17,18)19/h2-9H,1H3,(H-,20,21,22,24,25)/p+1. The van der Waals surface area contributed by atoms with E-state index < -0.39 is 28.6 Å². The van der Waals surface area contributed by atoms with E-state index in [1.165, 1.54) is 12.1 Å². The van der Waals surface area contributed by atoms with Crippen molar-refractivity contribution in [1.29, 1.82) is 0 Å². The Morgan fingerprint density at radius 2 is 1.85 bits per heavy atom. The Labute approximate surface area is 154 Å². The van der Waals surface area contributed by atoms with Crippen LogP contribution < -0.4 is 15.4 Å². The van der Waals surface area contributed by atoms with Gasteiger partial charge in [-0.1, -0.05) is 16.3 Å². The maximum absolute atomic E-state index is 12.3. The molecule has 1 aromatic carbocycles. The number of urea groups is 1. The number of hydrogen-bond acceptors (Lipinski definition) is 5. The van der Waals surface area contributed by atoms with E-state index in [0.717, 1.165) is 17.7 Å². The van der Waals surface area contributed by atoms with E-state index in [2.05, 4.69) is 30.6 Å². The maximum atomic E-state index is 12.3. The number of pyridine rings is 1. The molecule has 1 unspecified atom stereocenters. The topological polar surface area (TPSA) is 89.0 Å². The van der Waals surface area contributed by atoms with Gasteiger partial charge >= 0.3 is 17.5 Å². The molecule has 0 fully saturated rings. The van der Waals surface area contributed by atoms with E-state index >= 15 is 0 Å². The zero-order chi connectivity index (χ0) is 19.4. The van der Waals surface area contributed by atoms with Crippen LogP contribution in [0.25, 0.3) is 10.6 Å². The molecule has 2 N–H and O–H groups in total. The van der Waals surface area contributed by atoms with Crippen molar-refractivity contribution in [2.75, 3.05) is 10.6 Å². The van der Waals surface area contributed by atoms with Crippen molar-refractivity contribution in [2.45, 2.75) is 6.36 Å². The predicted octanol–water partition coefficient (Wildman–Crippen LogP) is 4.37. The summed E-state index contributed by atoms with van der Waals surface area (Å²) in [5.41, 5.74) is 0.980. The van der Waals surface area contributed by atoms with Gasteiger partial charge in [0.05, 0.1) is 5.56 Å². The molecule has 11 heteroatoms. The first-order valence-electron chi connectivity index (χ1n) is 7.47. The third kappa shape index (κ3) is 4.91. The fraction of sp³-hybridized carbons (Fsp3) is 0.125. The molecule has 0 saturated heterocycles. The number of nitrogens with one attached hydrogen (secondary N) is 2. The molecule has 27 heavy (non-hydrogen) atoms. The fourth-order valence-corrected chi connectivity index (χ4v) is 3.41. The largest absolute Gasteiger partial charge is 0.573 e. The van der Waals surface area contributed by atoms with Crippen molar-refractivity contribution in [1.82, 2.24) is 15.2 Å². The smallest absolute Gasteiger partial charge is 0.406 e. The van der Waals surface area contributed by atoms with Gasteiger partial charge in [-0.05, 0) is 24.3 Å². The molecule has 0 aliphatic heterocycles. The lowest BCUT2D eigenvalue weighted by Crippen LogP contribution is -2.20. The molecule has 0 bridgehead atoms. The fourth-order valence-electron chi connectivity index (χ4n) is 2.17. The lowest BCUT2D eigenvalue weighted by molar-refractivity contribution is -0.274. The second-order valence-corrected chi connectivity index (χ2v) is 7.01. The van der Waals surface area contributed by atoms with Gasteiger partial charge in [-0.2, -0.15) is 0 Å². The number of aromatic nitrogens is 3. The molecular formula is C16H13F3N5O2S+. The molecule has 0 spiro atoms. The van der Waals surface area contributed by atoms with Crippen LogP contribution in [0.1, 0.15) is 0 Å². The number of halogens is 3. The van der Waals surface area contributed by atoms with Crippen molar-refractivity contribution in [3.63, 3.8) is 0 Å². The normalized spacial score (nSPS) is 11.8. The van der Waals surface area contributed by atoms with Gasteiger partial charge < -0.3 is 10.1 Å². The number of carbonyl (C=O) groups excluding carboxylic acids is 1. The zero-order valence-electron chi connectivity index (χ0n) is 13.8. The maximum Gasteiger partial charge on any atom is 0.573 e. The molecule has 3 rings (SSSR count). The SMILES string of the molecule is C[s+]1c(NC(=O)Nc2cccc(OC(F)(F)F)c2)nnc1-c1ccncc1. The van der Waals surface area contributed by atoms with Crippen LogP contribution in [0.5, 0.6) is 5.75 Å². The average molecular weight is 396 g/mol. The van der Waals surface area contributed by atoms with E-state index in [0.29, 0.717) is 10.1 Å². The first-order chi connectivity index (χ1) is 12.8. The molecule has 140 valence electrons. The Kier molecular flexibility index (Phi) is 5.21. The molecule has 0 saturated carbocycles. The van der Waals surface area contributed by atoms with E-state index in [1.807, 2.05) is 6.26 Å². The first-order valence-corrected chi connectivity index (χ1v) is 9.11. The molecule has 0 radical (unpaired) electrons. The zero-order valence-corrected chi connectivity index (χ0v) is 14.6. The lowest BCUT2D eigenvalue weighted by atomic mass is 10.3. The van der Waals surface area contributed by atoms with Gasteiger partial charge in [-0.15, -0.1) is 13.2 Å². The number of alkyl halides is 3. The highest BCUT2D eigenvalue weighted by molar-refractivity contribution is 7.35. The van der Waals surface area contributed by atoms with E-state index in [4.69, 9.17) is 0 Å². The Morgan fingerprint density at radius 3 is 2.56 bits per heavy atom. The quantitative estimate of drug-likeness (QED) is 0.640. The summed E-state index contributed by atoms with van der Waals surface area (Å²) < 4.78 is 40.6. The van der Waals surface area contributed by atoms with Crippen LogP contribution in [-0.2, 0) is 6.26 Å². The number of benzene rings is 1. The highest BCUT2D eigenvalue weighted by atomic mass is 32.2. The van der Waals surface area contributed by atoms with Crippen LogP contribution in [0.3, 0.4) is 0 Å². The Bertz CT molecular complexity index is 947. The molecule has 2 aromatic heterocycles. The number of carbonyl (C=O) groups is 1. The van der Waals surface area contributed by atoms with Crippen molar-refractivity contribution >= 4 is 27.3 Å². The Balaban J connectivity index is 1.68. The van der Waals surface area contributed by atoms with Crippen LogP contribution >= 0.6 is 10.5 Å². The highest BCUT2D eigenvalue weighted by Gasteiger charge is 2.31. The molecule has 2 heterocycles. The Hall–Kier alpha value is -3.21. The average Bonchev–Trinajstić information content (AvgIpc) is 2.95. The molecule has 7 nitrogen and oxygen atoms in total. The van der Waals surface area contributed by atoms with Crippen molar-refractivity contribution in [3.8, 4) is 16.3 Å². The lowest BCUT2D eigenvalue weighted by Gasteiger charge is -2.10. The van der Waals surface area contributed by atoms with Gasteiger partial charge in [-0.3, -0.25) is 4.98 Å². The third-order valence-electron chi connectivity index (χ3n) is 3.28. The predicted molar refractivity (Wildman–Crippen MR) is 94.5 cm³/mol. The van der Waals surface area contributed by atoms with Crippen molar-refractivity contribution < 1.29 is 22.7 Å². The summed E-state index contributed by atoms with van der Waals surface area (Å²) in [4.78, 5) is 16.1. The summed E-state index contributed by atoms with van der Waals surface area (Å²) in [6.07, 6.45) is 0.298. The molecule has 0 aliphatic rings. The second-order valence-electron chi connectivity index (χ2n) is 5.21. The third-order valence-corrected chi connectivity index (χ3v) is 4.95. The minimum absolute atomic E-state index is 0.138. The summed E-state index contributed by atoms with van der Waals surface area (Å²) >= 11 is 0. The van der Waals surface area contributed by atoms with Crippen molar-refractivity contribution in [3.05, 3.63) is 48.8 Å². The van der Waals surface area contributed by atoms with Crippen LogP contribution in [0.4, 0.5) is 28.8 Å². The minimum atomic E-state index is -4.81. The Morgan fingerprint density at radius 1 is 1.11 bits per heavy atom. The van der Waals surface area contributed by atoms with E-state index in [1.54, 1.807) is 24.5 Å². The van der Waals surface area contributed by atoms with E-state index in [9.17, 15) is 18.0 Å². The van der Waals surface area contributed by atoms with Gasteiger partial charge in [0.25, 0.3) is 5.01 Å². The number of hydrogen-bond donors (Lipinski definition) is 2. The van der Waals surface area contributed by atoms with Gasteiger partial charge in [0, 0.05) is 34.6 Å². The van der Waals surface area contributed by atoms with Gasteiger partial charge in [-0.25, -0.2) is 10.1 Å². The number of amides is 2. The second kappa shape index (κ2) is 7.58. The summed E-state index contributed by atoms with van der Waals surface area (Å²) in [5, 5.41) is 14.1. The highest BCUT2D eigenvalue weighted by Crippen LogP contribution is 2.35. The van der Waals surface area contributed by atoms with Gasteiger partial charge in [0.15, 0.2) is 0 Å². The van der Waals surface area contributed by atoms with Crippen LogP contribution in [0.2, 0.25) is 0 Å². The summed E-state index contributed by atoms with van der Waals surface area (Å²) in [5.74, 6) is -0.433. The molecule has 1 atom stereocenters. The molecule has 3 aromatic rings. The summed E-state index contributed by atoms with van der Waals surface area (Å²) in [6.45, 7) is 0. The van der Waals surface area contributed by atoms with Gasteiger partial charge in [0.1, 0.15) is 12.0 Å². The number of rotatable bonds is 4. The number of ether oxygens (including phenoxy) is 1. The first kappa shape index (κ1) is 18.6. The van der Waals surface area contributed by atoms with Crippen LogP contribution in [-0.4, -0.2) is 27.6 Å². The monoisotopic (exact) mass is 396 g/mol. The number of nitrogens with zero attached hydrogens (tertiary/aromatic N) is 3. The molecule has 2 amide bonds. The number of anilines is 2. The van der Waals surface area contributed by atoms with Crippen LogP contribution in [0, 0.1) is 0 Å². The van der Waals surface area contributed by atoms with Gasteiger partial charge in [0.2, 0.25) is 0 Å².